The zero-order chi connectivity index (χ0) is 41.4. The number of rotatable bonds is 42. The van der Waals surface area contributed by atoms with Crippen molar-refractivity contribution >= 4 is 25.7 Å². The topological polar surface area (TPSA) is 169 Å². The van der Waals surface area contributed by atoms with E-state index < -0.39 is 57.6 Å². The van der Waals surface area contributed by atoms with Crippen molar-refractivity contribution in [2.75, 3.05) is 19.8 Å². The molecule has 0 aromatic carbocycles. The Hall–Kier alpha value is -2.04. The Balaban J connectivity index is 3.86. The molecule has 0 aliphatic heterocycles. The van der Waals surface area contributed by atoms with Crippen LogP contribution in [-0.4, -0.2) is 64.9 Å². The molecule has 0 saturated heterocycles. The molecular weight excluding hydrogens is 733 g/mol. The Morgan fingerprint density at radius 1 is 0.571 bits per heavy atom. The van der Waals surface area contributed by atoms with E-state index >= 15 is 0 Å². The Labute approximate surface area is 340 Å². The number of phosphoric ester groups is 1. The lowest BCUT2D eigenvalue weighted by atomic mass is 10.0. The Morgan fingerprint density at radius 2 is 0.982 bits per heavy atom. The summed E-state index contributed by atoms with van der Waals surface area (Å²) >= 11 is 0. The number of unbranched alkanes of at least 4 members (excludes halogenated alkanes) is 24. The molecular formula is C44H82NO10P. The highest BCUT2D eigenvalue weighted by atomic mass is 31.2. The first kappa shape index (κ1) is 54.0. The Kier molecular flexibility index (Phi) is 38.3. The molecule has 0 aromatic rings. The van der Waals surface area contributed by atoms with Crippen LogP contribution in [0, 0.1) is 0 Å². The molecule has 56 heavy (non-hydrogen) atoms. The maximum Gasteiger partial charge on any atom is 0.472 e. The minimum atomic E-state index is -4.75. The smallest absolute Gasteiger partial charge is 0.472 e. The SMILES string of the molecule is CCCCC/C=C\C/C=C\CCCCCCCCCCCC(=O)OCC(O)COP(=O)(O)OCC(NC(=O)CCCCCCCCCCCCCCC)C(=O)O. The van der Waals surface area contributed by atoms with Gasteiger partial charge in [0.15, 0.2) is 6.04 Å². The van der Waals surface area contributed by atoms with Crippen molar-refractivity contribution in [3.05, 3.63) is 24.3 Å². The molecule has 11 nitrogen and oxygen atoms in total. The average Bonchev–Trinajstić information content (AvgIpc) is 3.17. The van der Waals surface area contributed by atoms with E-state index in [0.717, 1.165) is 51.4 Å². The predicted octanol–water partition coefficient (Wildman–Crippen LogP) is 11.4. The molecule has 0 aliphatic rings. The van der Waals surface area contributed by atoms with Gasteiger partial charge in [0.05, 0.1) is 13.2 Å². The summed E-state index contributed by atoms with van der Waals surface area (Å²) in [6, 6.07) is -1.54. The van der Waals surface area contributed by atoms with Crippen LogP contribution in [0.5, 0.6) is 0 Å². The summed E-state index contributed by atoms with van der Waals surface area (Å²) in [7, 11) is -4.75. The van der Waals surface area contributed by atoms with E-state index in [2.05, 4.69) is 43.5 Å². The van der Waals surface area contributed by atoms with Gasteiger partial charge in [0.2, 0.25) is 5.91 Å². The highest BCUT2D eigenvalue weighted by Gasteiger charge is 2.28. The maximum absolute atomic E-state index is 12.3. The molecule has 0 heterocycles. The first-order chi connectivity index (χ1) is 27.1. The summed E-state index contributed by atoms with van der Waals surface area (Å²) in [6.07, 6.45) is 40.5. The van der Waals surface area contributed by atoms with E-state index in [4.69, 9.17) is 13.8 Å². The van der Waals surface area contributed by atoms with Gasteiger partial charge >= 0.3 is 19.8 Å². The minimum Gasteiger partial charge on any atom is -0.480 e. The second-order valence-corrected chi connectivity index (χ2v) is 16.7. The Bertz CT molecular complexity index is 1050. The van der Waals surface area contributed by atoms with Crippen LogP contribution in [0.3, 0.4) is 0 Å². The van der Waals surface area contributed by atoms with Crippen LogP contribution in [0.1, 0.15) is 206 Å². The second kappa shape index (κ2) is 39.8. The zero-order valence-corrected chi connectivity index (χ0v) is 36.3. The van der Waals surface area contributed by atoms with Crippen LogP contribution in [0.2, 0.25) is 0 Å². The number of aliphatic hydroxyl groups excluding tert-OH is 1. The van der Waals surface area contributed by atoms with Crippen LogP contribution in [0.25, 0.3) is 0 Å². The number of carbonyl (C=O) groups excluding carboxylic acids is 2. The maximum atomic E-state index is 12.3. The van der Waals surface area contributed by atoms with Crippen molar-refractivity contribution in [1.29, 1.82) is 0 Å². The number of amides is 1. The number of esters is 1. The van der Waals surface area contributed by atoms with Crippen LogP contribution >= 0.6 is 7.82 Å². The number of aliphatic hydroxyl groups is 1. The van der Waals surface area contributed by atoms with E-state index in [9.17, 15) is 34.1 Å². The number of carboxylic acid groups (broad SMARTS) is 1. The molecule has 3 unspecified atom stereocenters. The first-order valence-electron chi connectivity index (χ1n) is 22.4. The first-order valence-corrected chi connectivity index (χ1v) is 23.9. The van der Waals surface area contributed by atoms with Gasteiger partial charge in [-0.1, -0.05) is 173 Å². The lowest BCUT2D eigenvalue weighted by Gasteiger charge is -2.18. The number of phosphoric acid groups is 1. The number of ether oxygens (including phenoxy) is 1. The number of carbonyl (C=O) groups is 3. The van der Waals surface area contributed by atoms with Crippen molar-refractivity contribution in [2.45, 2.75) is 219 Å². The van der Waals surface area contributed by atoms with Gasteiger partial charge in [0.1, 0.15) is 12.7 Å². The van der Waals surface area contributed by atoms with Gasteiger partial charge in [-0.3, -0.25) is 18.6 Å². The van der Waals surface area contributed by atoms with Crippen molar-refractivity contribution < 1.29 is 47.8 Å². The fourth-order valence-electron chi connectivity index (χ4n) is 6.23. The minimum absolute atomic E-state index is 0.149. The van der Waals surface area contributed by atoms with Gasteiger partial charge in [-0.2, -0.15) is 0 Å². The summed E-state index contributed by atoms with van der Waals surface area (Å²) in [5.41, 5.74) is 0. The summed E-state index contributed by atoms with van der Waals surface area (Å²) in [4.78, 5) is 45.9. The molecule has 3 atom stereocenters. The number of allylic oxidation sites excluding steroid dienone is 4. The highest BCUT2D eigenvalue weighted by Crippen LogP contribution is 2.43. The fourth-order valence-corrected chi connectivity index (χ4v) is 7.00. The molecule has 0 rings (SSSR count). The number of nitrogens with one attached hydrogen (secondary N) is 1. The third-order valence-corrected chi connectivity index (χ3v) is 10.7. The van der Waals surface area contributed by atoms with Crippen molar-refractivity contribution in [2.24, 2.45) is 0 Å². The van der Waals surface area contributed by atoms with Gasteiger partial charge in [0.25, 0.3) is 0 Å². The van der Waals surface area contributed by atoms with E-state index in [1.807, 2.05) is 0 Å². The fraction of sp³-hybridized carbons (Fsp3) is 0.841. The highest BCUT2D eigenvalue weighted by molar-refractivity contribution is 7.47. The molecule has 0 fully saturated rings. The number of carboxylic acids is 1. The van der Waals surface area contributed by atoms with Gasteiger partial charge in [0, 0.05) is 12.8 Å². The summed E-state index contributed by atoms with van der Waals surface area (Å²) in [5.74, 6) is -2.37. The number of aliphatic carboxylic acids is 1. The summed E-state index contributed by atoms with van der Waals surface area (Å²) in [5, 5.41) is 21.8. The molecule has 0 aromatic heterocycles. The molecule has 1 amide bonds. The van der Waals surface area contributed by atoms with Crippen molar-refractivity contribution in [3.63, 3.8) is 0 Å². The molecule has 0 spiro atoms. The molecule has 0 aliphatic carbocycles. The average molecular weight is 816 g/mol. The van der Waals surface area contributed by atoms with Crippen molar-refractivity contribution in [1.82, 2.24) is 5.32 Å². The second-order valence-electron chi connectivity index (χ2n) is 15.2. The summed E-state index contributed by atoms with van der Waals surface area (Å²) in [6.45, 7) is 2.57. The predicted molar refractivity (Wildman–Crippen MR) is 226 cm³/mol. The molecule has 328 valence electrons. The molecule has 0 radical (unpaired) electrons. The largest absolute Gasteiger partial charge is 0.480 e. The zero-order valence-electron chi connectivity index (χ0n) is 35.4. The molecule has 0 saturated carbocycles. The van der Waals surface area contributed by atoms with Crippen LogP contribution < -0.4 is 5.32 Å². The lowest BCUT2D eigenvalue weighted by molar-refractivity contribution is -0.147. The van der Waals surface area contributed by atoms with Crippen LogP contribution in [-0.2, 0) is 32.7 Å². The van der Waals surface area contributed by atoms with Crippen LogP contribution in [0.15, 0.2) is 24.3 Å². The Morgan fingerprint density at radius 3 is 1.48 bits per heavy atom. The quantitative estimate of drug-likeness (QED) is 0.0201. The van der Waals surface area contributed by atoms with Gasteiger partial charge in [-0.05, 0) is 44.9 Å². The van der Waals surface area contributed by atoms with Crippen LogP contribution in [0.4, 0.5) is 0 Å². The third kappa shape index (κ3) is 38.8. The summed E-state index contributed by atoms with van der Waals surface area (Å²) < 4.78 is 26.8. The third-order valence-electron chi connectivity index (χ3n) is 9.74. The molecule has 12 heteroatoms. The lowest BCUT2D eigenvalue weighted by Crippen LogP contribution is -2.43. The number of hydrogen-bond acceptors (Lipinski definition) is 8. The van der Waals surface area contributed by atoms with E-state index in [1.165, 1.54) is 116 Å². The van der Waals surface area contributed by atoms with E-state index in [1.54, 1.807) is 0 Å². The normalized spacial score (nSPS) is 13.9. The van der Waals surface area contributed by atoms with Gasteiger partial charge in [-0.15, -0.1) is 0 Å². The monoisotopic (exact) mass is 816 g/mol. The number of hydrogen-bond donors (Lipinski definition) is 4. The van der Waals surface area contributed by atoms with E-state index in [-0.39, 0.29) is 12.8 Å². The van der Waals surface area contributed by atoms with Gasteiger partial charge in [-0.25, -0.2) is 9.36 Å². The van der Waals surface area contributed by atoms with E-state index in [0.29, 0.717) is 12.8 Å². The van der Waals surface area contributed by atoms with Crippen molar-refractivity contribution in [3.8, 4) is 0 Å². The molecule has 0 bridgehead atoms. The molecule has 4 N–H and O–H groups in total. The standard InChI is InChI=1S/C44H82NO10P/c1-3-5-7-9-11-13-15-17-18-19-20-21-22-24-26-28-30-32-34-36-43(48)53-37-40(46)38-54-56(51,52)55-39-41(44(49)50)45-42(47)35-33-31-29-27-25-23-16-14-12-10-8-6-4-2/h11,13,17-18,40-41,46H,3-10,12,14-16,19-39H2,1-2H3,(H,45,47)(H,49,50)(H,51,52)/b13-11-,18-17-. The van der Waals surface area contributed by atoms with Gasteiger partial charge < -0.3 is 25.2 Å².